The Hall–Kier alpha value is -1.73. The van der Waals surface area contributed by atoms with Crippen LogP contribution in [0.3, 0.4) is 0 Å². The van der Waals surface area contributed by atoms with E-state index < -0.39 is 32.8 Å². The van der Waals surface area contributed by atoms with Gasteiger partial charge in [-0.05, 0) is 66.2 Å². The molecule has 1 unspecified atom stereocenters. The molecule has 1 aliphatic heterocycles. The normalized spacial score (nSPS) is 18.1. The highest BCUT2D eigenvalue weighted by atomic mass is 28.4. The zero-order valence-corrected chi connectivity index (χ0v) is 30.0. The molecule has 1 heterocycles. The zero-order chi connectivity index (χ0) is 34.9. The van der Waals surface area contributed by atoms with Crippen LogP contribution < -0.4 is 0 Å². The Morgan fingerprint density at radius 3 is 1.40 bits per heavy atom. The molecule has 16 heteroatoms. The highest BCUT2D eigenvalue weighted by Gasteiger charge is 2.39. The molecule has 0 aromatic rings. The Morgan fingerprint density at radius 2 is 1.02 bits per heavy atom. The summed E-state index contributed by atoms with van der Waals surface area (Å²) in [6.07, 6.45) is 1.52. The van der Waals surface area contributed by atoms with Crippen LogP contribution in [0.5, 0.6) is 0 Å². The number of hydrogen-bond acceptors (Lipinski definition) is 12. The Kier molecular flexibility index (Phi) is 24.1. The molecule has 4 N–H and O–H groups in total. The minimum absolute atomic E-state index is 0.0230. The molecule has 0 radical (unpaired) electrons. The number of aliphatic hydroxyl groups is 1. The lowest BCUT2D eigenvalue weighted by atomic mass is 10.2. The number of carboxylic acids is 3. The van der Waals surface area contributed by atoms with Crippen LogP contribution in [0.2, 0.25) is 6.04 Å². The average molecular weight is 695 g/mol. The van der Waals surface area contributed by atoms with Crippen LogP contribution in [0.25, 0.3) is 0 Å². The van der Waals surface area contributed by atoms with Gasteiger partial charge in [0, 0.05) is 84.8 Å². The molecule has 1 rings (SSSR count). The van der Waals surface area contributed by atoms with Gasteiger partial charge in [0.1, 0.15) is 0 Å². The molecular weight excluding hydrogens is 632 g/mol. The number of ether oxygens (including phenoxy) is 1. The number of nitrogens with zero attached hydrogens (tertiary/aromatic N) is 4. The first kappa shape index (κ1) is 43.3. The molecule has 1 aliphatic rings. The molecule has 0 saturated carbocycles. The highest BCUT2D eigenvalue weighted by Crippen LogP contribution is 2.18. The van der Waals surface area contributed by atoms with Crippen molar-refractivity contribution >= 4 is 26.7 Å². The van der Waals surface area contributed by atoms with E-state index in [9.17, 15) is 34.8 Å². The lowest BCUT2D eigenvalue weighted by Crippen LogP contribution is -2.46. The van der Waals surface area contributed by atoms with E-state index in [0.717, 1.165) is 12.8 Å². The van der Waals surface area contributed by atoms with E-state index in [0.29, 0.717) is 117 Å². The van der Waals surface area contributed by atoms with Crippen LogP contribution in [0.15, 0.2) is 0 Å². The van der Waals surface area contributed by atoms with Crippen LogP contribution in [0.1, 0.15) is 59.3 Å². The lowest BCUT2D eigenvalue weighted by molar-refractivity contribution is -0.138. The van der Waals surface area contributed by atoms with E-state index in [1.165, 1.54) is 0 Å². The summed E-state index contributed by atoms with van der Waals surface area (Å²) in [7, 11) is -2.75. The van der Waals surface area contributed by atoms with E-state index in [2.05, 4.69) is 19.6 Å². The van der Waals surface area contributed by atoms with E-state index in [1.54, 1.807) is 0 Å². The second-order valence-corrected chi connectivity index (χ2v) is 14.5. The number of rotatable bonds is 23. The standard InChI is InChI=1S/C31H62N4O11Si/c1-4-44-47(45-5-2,46-6-3)25-9-24-43-27-28(36)26-35-16-8-15-33(18-11-30(39)40)21-20-32(17-10-29(37)38)13-7-14-34(22-23-35)19-12-31(41)42/h28,36H,4-27H2,1-3H3,(H,37,38)(H,39,40)(H,41,42). The van der Waals surface area contributed by atoms with Crippen molar-refractivity contribution in [3.8, 4) is 0 Å². The van der Waals surface area contributed by atoms with Crippen LogP contribution in [0, 0.1) is 0 Å². The number of hydrogen-bond donors (Lipinski definition) is 4. The Morgan fingerprint density at radius 1 is 0.638 bits per heavy atom. The molecule has 0 spiro atoms. The fraction of sp³-hybridized carbons (Fsp3) is 0.903. The second-order valence-electron chi connectivity index (χ2n) is 11.8. The molecule has 1 saturated heterocycles. The van der Waals surface area contributed by atoms with Gasteiger partial charge in [0.2, 0.25) is 0 Å². The van der Waals surface area contributed by atoms with Gasteiger partial charge in [-0.2, -0.15) is 0 Å². The topological polar surface area (TPSA) is 182 Å². The summed E-state index contributed by atoms with van der Waals surface area (Å²) >= 11 is 0. The predicted octanol–water partition coefficient (Wildman–Crippen LogP) is 1.23. The summed E-state index contributed by atoms with van der Waals surface area (Å²) in [5.74, 6) is -2.58. The van der Waals surface area contributed by atoms with Crippen molar-refractivity contribution in [2.75, 3.05) is 112 Å². The molecule has 15 nitrogen and oxygen atoms in total. The molecule has 1 fully saturated rings. The first-order valence-electron chi connectivity index (χ1n) is 17.2. The zero-order valence-electron chi connectivity index (χ0n) is 29.0. The largest absolute Gasteiger partial charge is 0.501 e. The summed E-state index contributed by atoms with van der Waals surface area (Å²) in [5.41, 5.74) is 0. The third-order valence-electron chi connectivity index (χ3n) is 7.93. The van der Waals surface area contributed by atoms with Gasteiger partial charge < -0.3 is 53.1 Å². The minimum Gasteiger partial charge on any atom is -0.481 e. The maximum atomic E-state index is 11.3. The SMILES string of the molecule is CCO[Si](CCCOCC(O)CN1CCCN(CCC(=O)O)CCN(CCC(=O)O)CCCN(CCC(=O)O)CC1)(OCC)OCC. The fourth-order valence-electron chi connectivity index (χ4n) is 5.63. The van der Waals surface area contributed by atoms with Gasteiger partial charge in [0.25, 0.3) is 0 Å². The average Bonchev–Trinajstić information content (AvgIpc) is 3.00. The molecular formula is C31H62N4O11Si. The molecule has 47 heavy (non-hydrogen) atoms. The molecule has 276 valence electrons. The summed E-state index contributed by atoms with van der Waals surface area (Å²) < 4.78 is 23.5. The monoisotopic (exact) mass is 694 g/mol. The minimum atomic E-state index is -2.75. The molecule has 0 bridgehead atoms. The lowest BCUT2D eigenvalue weighted by Gasteiger charge is -2.32. The van der Waals surface area contributed by atoms with Gasteiger partial charge in [-0.1, -0.05) is 0 Å². The Balaban J connectivity index is 2.84. The van der Waals surface area contributed by atoms with Crippen molar-refractivity contribution < 1.29 is 52.8 Å². The molecule has 1 atom stereocenters. The third kappa shape index (κ3) is 21.8. The van der Waals surface area contributed by atoms with E-state index in [1.807, 2.05) is 20.8 Å². The van der Waals surface area contributed by atoms with Gasteiger partial charge in [-0.15, -0.1) is 0 Å². The summed E-state index contributed by atoms with van der Waals surface area (Å²) in [6.45, 7) is 14.6. The maximum Gasteiger partial charge on any atom is 0.501 e. The van der Waals surface area contributed by atoms with E-state index in [-0.39, 0.29) is 25.9 Å². The fourth-order valence-corrected chi connectivity index (χ4v) is 8.21. The number of aliphatic carboxylic acids is 3. The van der Waals surface area contributed by atoms with Crippen molar-refractivity contribution in [2.45, 2.75) is 71.4 Å². The van der Waals surface area contributed by atoms with Gasteiger partial charge >= 0.3 is 26.7 Å². The Bertz CT molecular complexity index is 843. The molecule has 0 aromatic carbocycles. The molecule has 0 aromatic heterocycles. The molecule has 0 amide bonds. The number of carboxylic acid groups (broad SMARTS) is 3. The van der Waals surface area contributed by atoms with E-state index in [4.69, 9.17) is 18.0 Å². The van der Waals surface area contributed by atoms with Gasteiger partial charge in [0.15, 0.2) is 0 Å². The number of β-amino-alcohol motifs (C(OH)–C–C–N with tert-alkyl or cyclic N) is 1. The third-order valence-corrected chi connectivity index (χ3v) is 11.1. The first-order valence-corrected chi connectivity index (χ1v) is 19.2. The van der Waals surface area contributed by atoms with Crippen molar-refractivity contribution in [3.05, 3.63) is 0 Å². The van der Waals surface area contributed by atoms with Crippen LogP contribution in [0.4, 0.5) is 0 Å². The second kappa shape index (κ2) is 26.2. The first-order chi connectivity index (χ1) is 22.5. The van der Waals surface area contributed by atoms with Crippen LogP contribution in [-0.4, -0.2) is 184 Å². The smallest absolute Gasteiger partial charge is 0.481 e. The van der Waals surface area contributed by atoms with Gasteiger partial charge in [-0.25, -0.2) is 0 Å². The van der Waals surface area contributed by atoms with Crippen molar-refractivity contribution in [1.29, 1.82) is 0 Å². The van der Waals surface area contributed by atoms with Crippen molar-refractivity contribution in [2.24, 2.45) is 0 Å². The number of aliphatic hydroxyl groups excluding tert-OH is 1. The van der Waals surface area contributed by atoms with Crippen LogP contribution >= 0.6 is 0 Å². The van der Waals surface area contributed by atoms with Crippen molar-refractivity contribution in [3.63, 3.8) is 0 Å². The summed E-state index contributed by atoms with van der Waals surface area (Å²) in [4.78, 5) is 42.4. The highest BCUT2D eigenvalue weighted by molar-refractivity contribution is 6.60. The summed E-state index contributed by atoms with van der Waals surface area (Å²) in [6, 6.07) is 0.632. The summed E-state index contributed by atoms with van der Waals surface area (Å²) in [5, 5.41) is 38.7. The van der Waals surface area contributed by atoms with Crippen LogP contribution in [-0.2, 0) is 32.4 Å². The van der Waals surface area contributed by atoms with Gasteiger partial charge in [-0.3, -0.25) is 19.3 Å². The maximum absolute atomic E-state index is 11.3. The predicted molar refractivity (Wildman–Crippen MR) is 179 cm³/mol. The Labute approximate surface area is 282 Å². The molecule has 0 aliphatic carbocycles. The quantitative estimate of drug-likeness (QED) is 0.0885. The number of carbonyl (C=O) groups is 3. The van der Waals surface area contributed by atoms with Gasteiger partial charge in [0.05, 0.1) is 32.0 Å². The van der Waals surface area contributed by atoms with Crippen molar-refractivity contribution in [1.82, 2.24) is 19.6 Å². The van der Waals surface area contributed by atoms with E-state index >= 15 is 0 Å².